The average Bonchev–Trinajstić information content (AvgIpc) is 3.09. The zero-order valence-corrected chi connectivity index (χ0v) is 12.6. The van der Waals surface area contributed by atoms with Crippen molar-refractivity contribution in [3.8, 4) is 17.1 Å². The van der Waals surface area contributed by atoms with E-state index < -0.39 is 0 Å². The van der Waals surface area contributed by atoms with Crippen LogP contribution in [0.3, 0.4) is 0 Å². The Morgan fingerprint density at radius 2 is 2.04 bits per heavy atom. The molecule has 0 aromatic carbocycles. The number of aromatic nitrogens is 4. The molecule has 0 spiro atoms. The standard InChI is InChI=1S/C18H16N4O/c1-2-7-20-13(4-1)12-23-18-10-15(17-11-19-8-9-21-17)14-5-3-6-16(14)22-18/h1-2,4,7-11H,3,5-6,12H2. The van der Waals surface area contributed by atoms with E-state index in [2.05, 4.69) is 19.9 Å². The van der Waals surface area contributed by atoms with Gasteiger partial charge in [-0.2, -0.15) is 0 Å². The van der Waals surface area contributed by atoms with E-state index in [1.54, 1.807) is 24.8 Å². The third-order valence-corrected chi connectivity index (χ3v) is 3.96. The van der Waals surface area contributed by atoms with E-state index in [1.807, 2.05) is 24.3 Å². The van der Waals surface area contributed by atoms with Crippen molar-refractivity contribution < 1.29 is 4.74 Å². The van der Waals surface area contributed by atoms with E-state index in [1.165, 1.54) is 5.56 Å². The number of nitrogens with zero attached hydrogens (tertiary/aromatic N) is 4. The molecule has 0 N–H and O–H groups in total. The maximum Gasteiger partial charge on any atom is 0.214 e. The zero-order valence-electron chi connectivity index (χ0n) is 12.6. The minimum absolute atomic E-state index is 0.409. The molecule has 4 rings (SSSR count). The summed E-state index contributed by atoms with van der Waals surface area (Å²) in [5, 5.41) is 0. The molecule has 0 unspecified atom stereocenters. The first-order chi connectivity index (χ1) is 11.4. The van der Waals surface area contributed by atoms with Gasteiger partial charge in [-0.05, 0) is 37.0 Å². The molecule has 5 heteroatoms. The monoisotopic (exact) mass is 304 g/mol. The van der Waals surface area contributed by atoms with Crippen LogP contribution in [0.25, 0.3) is 11.3 Å². The lowest BCUT2D eigenvalue weighted by molar-refractivity contribution is 0.288. The summed E-state index contributed by atoms with van der Waals surface area (Å²) in [4.78, 5) is 17.5. The Morgan fingerprint density at radius 3 is 2.87 bits per heavy atom. The van der Waals surface area contributed by atoms with Crippen LogP contribution in [0, 0.1) is 0 Å². The third-order valence-electron chi connectivity index (χ3n) is 3.96. The van der Waals surface area contributed by atoms with Crippen LogP contribution in [0.1, 0.15) is 23.4 Å². The maximum absolute atomic E-state index is 5.86. The summed E-state index contributed by atoms with van der Waals surface area (Å²) < 4.78 is 5.86. The van der Waals surface area contributed by atoms with Gasteiger partial charge in [-0.25, -0.2) is 4.98 Å². The third kappa shape index (κ3) is 2.90. The van der Waals surface area contributed by atoms with Gasteiger partial charge in [0.25, 0.3) is 0 Å². The Hall–Kier alpha value is -2.82. The Balaban J connectivity index is 1.66. The molecule has 1 aliphatic carbocycles. The lowest BCUT2D eigenvalue weighted by atomic mass is 10.1. The molecule has 23 heavy (non-hydrogen) atoms. The van der Waals surface area contributed by atoms with Crippen molar-refractivity contribution in [1.82, 2.24) is 19.9 Å². The molecule has 0 saturated heterocycles. The molecular weight excluding hydrogens is 288 g/mol. The number of hydrogen-bond donors (Lipinski definition) is 0. The predicted molar refractivity (Wildman–Crippen MR) is 85.9 cm³/mol. The smallest absolute Gasteiger partial charge is 0.214 e. The summed E-state index contributed by atoms with van der Waals surface area (Å²) in [6, 6.07) is 7.75. The van der Waals surface area contributed by atoms with Gasteiger partial charge in [0.15, 0.2) is 0 Å². The second-order valence-corrected chi connectivity index (χ2v) is 5.49. The van der Waals surface area contributed by atoms with Gasteiger partial charge in [-0.1, -0.05) is 6.07 Å². The summed E-state index contributed by atoms with van der Waals surface area (Å²) in [7, 11) is 0. The van der Waals surface area contributed by atoms with Gasteiger partial charge in [0.2, 0.25) is 5.88 Å². The number of aryl methyl sites for hydroxylation is 1. The first-order valence-electron chi connectivity index (χ1n) is 7.72. The molecule has 3 heterocycles. The molecule has 3 aromatic heterocycles. The molecule has 0 aliphatic heterocycles. The molecule has 0 radical (unpaired) electrons. The van der Waals surface area contributed by atoms with E-state index in [-0.39, 0.29) is 0 Å². The van der Waals surface area contributed by atoms with E-state index in [0.717, 1.165) is 41.9 Å². The van der Waals surface area contributed by atoms with Crippen LogP contribution in [0.15, 0.2) is 49.1 Å². The van der Waals surface area contributed by atoms with Crippen LogP contribution >= 0.6 is 0 Å². The quantitative estimate of drug-likeness (QED) is 0.741. The second kappa shape index (κ2) is 6.12. The summed E-state index contributed by atoms with van der Waals surface area (Å²) in [6.07, 6.45) is 10.1. The van der Waals surface area contributed by atoms with Crippen molar-refractivity contribution in [1.29, 1.82) is 0 Å². The molecule has 0 saturated carbocycles. The number of hydrogen-bond acceptors (Lipinski definition) is 5. The molecule has 3 aromatic rings. The summed E-state index contributed by atoms with van der Waals surface area (Å²) in [5.41, 5.74) is 5.23. The first kappa shape index (κ1) is 13.8. The van der Waals surface area contributed by atoms with Crippen molar-refractivity contribution in [3.05, 3.63) is 66.0 Å². The predicted octanol–water partition coefficient (Wildman–Crippen LogP) is 3.00. The van der Waals surface area contributed by atoms with E-state index >= 15 is 0 Å². The highest BCUT2D eigenvalue weighted by atomic mass is 16.5. The summed E-state index contributed by atoms with van der Waals surface area (Å²) in [6.45, 7) is 0.409. The Kier molecular flexibility index (Phi) is 3.68. The fourth-order valence-corrected chi connectivity index (χ4v) is 2.89. The van der Waals surface area contributed by atoms with E-state index in [4.69, 9.17) is 4.74 Å². The van der Waals surface area contributed by atoms with E-state index in [9.17, 15) is 0 Å². The molecule has 0 amide bonds. The number of rotatable bonds is 4. The number of fused-ring (bicyclic) bond motifs is 1. The molecule has 0 atom stereocenters. The minimum Gasteiger partial charge on any atom is -0.471 e. The lowest BCUT2D eigenvalue weighted by Crippen LogP contribution is -2.02. The Labute approximate surface area is 134 Å². The van der Waals surface area contributed by atoms with Crippen molar-refractivity contribution in [2.24, 2.45) is 0 Å². The molecule has 114 valence electrons. The van der Waals surface area contributed by atoms with Crippen LogP contribution in [0.5, 0.6) is 5.88 Å². The highest BCUT2D eigenvalue weighted by Crippen LogP contribution is 2.33. The number of ether oxygens (including phenoxy) is 1. The average molecular weight is 304 g/mol. The van der Waals surface area contributed by atoms with Gasteiger partial charge in [-0.15, -0.1) is 0 Å². The fraction of sp³-hybridized carbons (Fsp3) is 0.222. The van der Waals surface area contributed by atoms with Gasteiger partial charge < -0.3 is 4.74 Å². The normalized spacial score (nSPS) is 12.9. The lowest BCUT2D eigenvalue weighted by Gasteiger charge is -2.11. The van der Waals surface area contributed by atoms with Crippen molar-refractivity contribution in [3.63, 3.8) is 0 Å². The maximum atomic E-state index is 5.86. The van der Waals surface area contributed by atoms with Gasteiger partial charge >= 0.3 is 0 Å². The number of pyridine rings is 2. The van der Waals surface area contributed by atoms with Crippen LogP contribution in [-0.4, -0.2) is 19.9 Å². The molecule has 5 nitrogen and oxygen atoms in total. The van der Waals surface area contributed by atoms with Crippen LogP contribution in [0.2, 0.25) is 0 Å². The van der Waals surface area contributed by atoms with Crippen molar-refractivity contribution >= 4 is 0 Å². The van der Waals surface area contributed by atoms with Crippen LogP contribution in [-0.2, 0) is 19.4 Å². The van der Waals surface area contributed by atoms with Gasteiger partial charge in [0, 0.05) is 35.9 Å². The highest BCUT2D eigenvalue weighted by molar-refractivity contribution is 5.66. The molecule has 0 bridgehead atoms. The molecule has 1 aliphatic rings. The molecular formula is C18H16N4O. The zero-order chi connectivity index (χ0) is 15.5. The van der Waals surface area contributed by atoms with Gasteiger partial charge in [0.05, 0.1) is 17.6 Å². The van der Waals surface area contributed by atoms with E-state index in [0.29, 0.717) is 12.5 Å². The Bertz CT molecular complexity index is 806. The van der Waals surface area contributed by atoms with Crippen molar-refractivity contribution in [2.75, 3.05) is 0 Å². The highest BCUT2D eigenvalue weighted by Gasteiger charge is 2.20. The largest absolute Gasteiger partial charge is 0.471 e. The summed E-state index contributed by atoms with van der Waals surface area (Å²) in [5.74, 6) is 0.622. The second-order valence-electron chi connectivity index (χ2n) is 5.49. The fourth-order valence-electron chi connectivity index (χ4n) is 2.89. The first-order valence-corrected chi connectivity index (χ1v) is 7.72. The van der Waals surface area contributed by atoms with Crippen LogP contribution in [0.4, 0.5) is 0 Å². The van der Waals surface area contributed by atoms with Crippen molar-refractivity contribution in [2.45, 2.75) is 25.9 Å². The van der Waals surface area contributed by atoms with Gasteiger partial charge in [-0.3, -0.25) is 15.0 Å². The minimum atomic E-state index is 0.409. The Morgan fingerprint density at radius 1 is 1.04 bits per heavy atom. The van der Waals surface area contributed by atoms with Gasteiger partial charge in [0.1, 0.15) is 6.61 Å². The molecule has 0 fully saturated rings. The van der Waals surface area contributed by atoms with Crippen LogP contribution < -0.4 is 4.74 Å². The topological polar surface area (TPSA) is 60.8 Å². The summed E-state index contributed by atoms with van der Waals surface area (Å²) >= 11 is 0. The SMILES string of the molecule is c1ccc(COc2cc(-c3cnccn3)c3c(n2)CCC3)nc1.